The third-order valence-electron chi connectivity index (χ3n) is 4.73. The van der Waals surface area contributed by atoms with Crippen LogP contribution in [0.3, 0.4) is 0 Å². The molecule has 0 aliphatic carbocycles. The van der Waals surface area contributed by atoms with Gasteiger partial charge in [0.25, 0.3) is 5.91 Å². The van der Waals surface area contributed by atoms with E-state index in [0.29, 0.717) is 12.1 Å². The Bertz CT molecular complexity index is 1120. The van der Waals surface area contributed by atoms with E-state index >= 15 is 0 Å². The Morgan fingerprint density at radius 1 is 0.966 bits per heavy atom. The summed E-state index contributed by atoms with van der Waals surface area (Å²) in [4.78, 5) is 23.4. The van der Waals surface area contributed by atoms with Gasteiger partial charge >= 0.3 is 0 Å². The van der Waals surface area contributed by atoms with E-state index in [1.54, 1.807) is 6.20 Å². The van der Waals surface area contributed by atoms with Gasteiger partial charge in [-0.15, -0.1) is 0 Å². The Morgan fingerprint density at radius 3 is 2.41 bits per heavy atom. The third kappa shape index (κ3) is 4.17. The second kappa shape index (κ2) is 8.24. The van der Waals surface area contributed by atoms with E-state index in [-0.39, 0.29) is 5.91 Å². The lowest BCUT2D eigenvalue weighted by Gasteiger charge is -2.10. The van der Waals surface area contributed by atoms with Gasteiger partial charge in [0.15, 0.2) is 0 Å². The number of hydrogen-bond donors (Lipinski definition) is 1. The van der Waals surface area contributed by atoms with Crippen LogP contribution in [0.25, 0.3) is 28.2 Å². The minimum absolute atomic E-state index is 0.0676. The zero-order valence-corrected chi connectivity index (χ0v) is 16.5. The van der Waals surface area contributed by atoms with Crippen LogP contribution in [0.2, 0.25) is 0 Å². The molecule has 29 heavy (non-hydrogen) atoms. The van der Waals surface area contributed by atoms with Crippen molar-refractivity contribution in [2.75, 3.05) is 27.2 Å². The number of benzene rings is 2. The average molecular weight is 385 g/mol. The monoisotopic (exact) mass is 385 g/mol. The van der Waals surface area contributed by atoms with Crippen LogP contribution < -0.4 is 5.32 Å². The molecule has 6 heteroatoms. The summed E-state index contributed by atoms with van der Waals surface area (Å²) in [5.41, 5.74) is 4.44. The van der Waals surface area contributed by atoms with Gasteiger partial charge in [-0.3, -0.25) is 14.2 Å². The van der Waals surface area contributed by atoms with Crippen LogP contribution in [0.5, 0.6) is 0 Å². The summed E-state index contributed by atoms with van der Waals surface area (Å²) in [6.45, 7) is 1.43. The van der Waals surface area contributed by atoms with Crippen molar-refractivity contribution in [1.82, 2.24) is 24.6 Å². The fourth-order valence-corrected chi connectivity index (χ4v) is 3.13. The van der Waals surface area contributed by atoms with Gasteiger partial charge in [-0.25, -0.2) is 4.98 Å². The number of carbonyl (C=O) groups excluding carboxylic acids is 1. The summed E-state index contributed by atoms with van der Waals surface area (Å²) in [5, 5.41) is 2.93. The Labute approximate surface area is 169 Å². The molecule has 2 heterocycles. The van der Waals surface area contributed by atoms with Gasteiger partial charge in [-0.1, -0.05) is 42.5 Å². The minimum atomic E-state index is -0.0676. The lowest BCUT2D eigenvalue weighted by molar-refractivity contribution is 0.0951. The number of aromatic nitrogens is 3. The quantitative estimate of drug-likeness (QED) is 0.553. The zero-order valence-electron chi connectivity index (χ0n) is 16.5. The van der Waals surface area contributed by atoms with E-state index in [2.05, 4.69) is 15.3 Å². The summed E-state index contributed by atoms with van der Waals surface area (Å²) in [7, 11) is 3.96. The molecular weight excluding hydrogens is 362 g/mol. The van der Waals surface area contributed by atoms with E-state index in [1.807, 2.05) is 90.4 Å². The fourth-order valence-electron chi connectivity index (χ4n) is 3.13. The predicted octanol–water partition coefficient (Wildman–Crippen LogP) is 3.35. The Hall–Kier alpha value is -3.51. The van der Waals surface area contributed by atoms with Crippen LogP contribution >= 0.6 is 0 Å². The highest BCUT2D eigenvalue weighted by Crippen LogP contribution is 2.23. The van der Waals surface area contributed by atoms with E-state index in [1.165, 1.54) is 0 Å². The highest BCUT2D eigenvalue weighted by atomic mass is 16.1. The lowest BCUT2D eigenvalue weighted by Crippen LogP contribution is -2.31. The van der Waals surface area contributed by atoms with Gasteiger partial charge in [-0.2, -0.15) is 0 Å². The standard InChI is InChI=1S/C23H23N5O/c1-27(2)13-12-24-23(29)19-10-8-18(9-11-19)22-26-15-20-14-25-21(16-28(20)22)17-6-4-3-5-7-17/h3-11,14-16H,12-13H2,1-2H3,(H,24,29). The van der Waals surface area contributed by atoms with Crippen molar-refractivity contribution in [3.05, 3.63) is 78.8 Å². The summed E-state index contributed by atoms with van der Waals surface area (Å²) in [6, 6.07) is 17.6. The molecule has 0 aliphatic rings. The number of nitrogens with one attached hydrogen (secondary N) is 1. The summed E-state index contributed by atoms with van der Waals surface area (Å²) >= 11 is 0. The average Bonchev–Trinajstić information content (AvgIpc) is 3.17. The number of likely N-dealkylation sites (N-methyl/N-ethyl adjacent to an activating group) is 1. The van der Waals surface area contributed by atoms with Crippen LogP contribution in [0, 0.1) is 0 Å². The van der Waals surface area contributed by atoms with Crippen molar-refractivity contribution in [1.29, 1.82) is 0 Å². The number of imidazole rings is 1. The molecule has 0 aliphatic heterocycles. The van der Waals surface area contributed by atoms with Gasteiger partial charge < -0.3 is 10.2 Å². The molecule has 0 unspecified atom stereocenters. The molecule has 0 spiro atoms. The Kier molecular flexibility index (Phi) is 5.35. The first-order valence-corrected chi connectivity index (χ1v) is 9.54. The maximum atomic E-state index is 12.3. The van der Waals surface area contributed by atoms with Gasteiger partial charge in [-0.05, 0) is 26.2 Å². The lowest BCUT2D eigenvalue weighted by atomic mass is 10.1. The zero-order chi connectivity index (χ0) is 20.2. The van der Waals surface area contributed by atoms with Crippen LogP contribution in [-0.2, 0) is 0 Å². The van der Waals surface area contributed by atoms with Crippen LogP contribution in [0.1, 0.15) is 10.4 Å². The van der Waals surface area contributed by atoms with Gasteiger partial charge in [0, 0.05) is 36.0 Å². The van der Waals surface area contributed by atoms with Gasteiger partial charge in [0.2, 0.25) is 0 Å². The molecule has 2 aromatic heterocycles. The maximum Gasteiger partial charge on any atom is 0.251 e. The summed E-state index contributed by atoms with van der Waals surface area (Å²) < 4.78 is 2.03. The first-order valence-electron chi connectivity index (χ1n) is 9.54. The first kappa shape index (κ1) is 18.8. The molecule has 0 fully saturated rings. The van der Waals surface area contributed by atoms with Crippen molar-refractivity contribution >= 4 is 11.4 Å². The van der Waals surface area contributed by atoms with Crippen molar-refractivity contribution in [2.45, 2.75) is 0 Å². The minimum Gasteiger partial charge on any atom is -0.351 e. The molecule has 0 atom stereocenters. The van der Waals surface area contributed by atoms with Gasteiger partial charge in [0.1, 0.15) is 5.82 Å². The number of carbonyl (C=O) groups is 1. The summed E-state index contributed by atoms with van der Waals surface area (Å²) in [5.74, 6) is 0.751. The predicted molar refractivity (Wildman–Crippen MR) is 115 cm³/mol. The second-order valence-electron chi connectivity index (χ2n) is 7.15. The fraction of sp³-hybridized carbons (Fsp3) is 0.174. The van der Waals surface area contributed by atoms with Crippen molar-refractivity contribution in [3.8, 4) is 22.6 Å². The number of fused-ring (bicyclic) bond motifs is 1. The SMILES string of the molecule is CN(C)CCNC(=O)c1ccc(-c2ncc3cnc(-c4ccccc4)cn23)cc1. The van der Waals surface area contributed by atoms with Crippen molar-refractivity contribution in [3.63, 3.8) is 0 Å². The van der Waals surface area contributed by atoms with E-state index in [9.17, 15) is 4.79 Å². The van der Waals surface area contributed by atoms with Crippen molar-refractivity contribution in [2.24, 2.45) is 0 Å². The number of nitrogens with zero attached hydrogens (tertiary/aromatic N) is 4. The normalized spacial score (nSPS) is 11.1. The van der Waals surface area contributed by atoms with E-state index < -0.39 is 0 Å². The molecule has 4 aromatic rings. The smallest absolute Gasteiger partial charge is 0.251 e. The topological polar surface area (TPSA) is 62.5 Å². The number of hydrogen-bond acceptors (Lipinski definition) is 4. The molecule has 146 valence electrons. The van der Waals surface area contributed by atoms with Crippen LogP contribution in [0.4, 0.5) is 0 Å². The third-order valence-corrected chi connectivity index (χ3v) is 4.73. The van der Waals surface area contributed by atoms with E-state index in [0.717, 1.165) is 34.7 Å². The van der Waals surface area contributed by atoms with Gasteiger partial charge in [0.05, 0.1) is 23.6 Å². The highest BCUT2D eigenvalue weighted by molar-refractivity contribution is 5.94. The highest BCUT2D eigenvalue weighted by Gasteiger charge is 2.10. The number of amides is 1. The molecule has 6 nitrogen and oxygen atoms in total. The molecule has 0 bridgehead atoms. The van der Waals surface area contributed by atoms with E-state index in [4.69, 9.17) is 0 Å². The molecule has 0 saturated heterocycles. The first-order chi connectivity index (χ1) is 14.1. The second-order valence-corrected chi connectivity index (χ2v) is 7.15. The molecular formula is C23H23N5O. The molecule has 0 saturated carbocycles. The molecule has 1 amide bonds. The Morgan fingerprint density at radius 2 is 1.69 bits per heavy atom. The van der Waals surface area contributed by atoms with Crippen LogP contribution in [-0.4, -0.2) is 52.4 Å². The number of rotatable bonds is 6. The molecule has 2 aromatic carbocycles. The largest absolute Gasteiger partial charge is 0.351 e. The molecule has 0 radical (unpaired) electrons. The van der Waals surface area contributed by atoms with Crippen molar-refractivity contribution < 1.29 is 4.79 Å². The Balaban J connectivity index is 1.59. The molecule has 1 N–H and O–H groups in total. The molecule has 4 rings (SSSR count). The summed E-state index contributed by atoms with van der Waals surface area (Å²) in [6.07, 6.45) is 5.62. The van der Waals surface area contributed by atoms with Crippen LogP contribution in [0.15, 0.2) is 73.2 Å². The maximum absolute atomic E-state index is 12.3.